The summed E-state index contributed by atoms with van der Waals surface area (Å²) in [6, 6.07) is 8.53. The average molecular weight is 311 g/mol. The molecule has 0 atom stereocenters. The third kappa shape index (κ3) is 3.56. The first-order valence-electron chi connectivity index (χ1n) is 6.45. The number of carbonyl (C=O) groups excluding carboxylic acids is 1. The zero-order chi connectivity index (χ0) is 13.0. The molecule has 1 fully saturated rings. The quantitative estimate of drug-likeness (QED) is 0.878. The Labute approximate surface area is 116 Å². The van der Waals surface area contributed by atoms with Crippen LogP contribution in [0.3, 0.4) is 0 Å². The van der Waals surface area contributed by atoms with Gasteiger partial charge in [0.15, 0.2) is 0 Å². The summed E-state index contributed by atoms with van der Waals surface area (Å²) in [7, 11) is 0. The van der Waals surface area contributed by atoms with Crippen LogP contribution in [0.1, 0.15) is 31.2 Å². The molecule has 0 bridgehead atoms. The van der Waals surface area contributed by atoms with Crippen LogP contribution >= 0.6 is 15.9 Å². The molecule has 1 aromatic carbocycles. The summed E-state index contributed by atoms with van der Waals surface area (Å²) in [5, 5.41) is 0. The van der Waals surface area contributed by atoms with Gasteiger partial charge in [0, 0.05) is 23.5 Å². The fourth-order valence-electron chi connectivity index (χ4n) is 2.01. The molecule has 0 aliphatic heterocycles. The highest BCUT2D eigenvalue weighted by molar-refractivity contribution is 9.10. The van der Waals surface area contributed by atoms with Crippen molar-refractivity contribution in [2.45, 2.75) is 38.3 Å². The van der Waals surface area contributed by atoms with E-state index in [1.807, 2.05) is 23.1 Å². The van der Waals surface area contributed by atoms with Gasteiger partial charge in [0.25, 0.3) is 0 Å². The van der Waals surface area contributed by atoms with E-state index in [1.165, 1.54) is 5.56 Å². The lowest BCUT2D eigenvalue weighted by atomic mass is 10.2. The molecule has 2 rings (SSSR count). The predicted octanol–water partition coefficient (Wildman–Crippen LogP) is 2.68. The van der Waals surface area contributed by atoms with E-state index < -0.39 is 0 Å². The van der Waals surface area contributed by atoms with Gasteiger partial charge in [-0.15, -0.1) is 0 Å². The smallest absolute Gasteiger partial charge is 0.223 e. The predicted molar refractivity (Wildman–Crippen MR) is 76.0 cm³/mol. The zero-order valence-corrected chi connectivity index (χ0v) is 12.0. The highest BCUT2D eigenvalue weighted by atomic mass is 79.9. The minimum atomic E-state index is 0.235. The van der Waals surface area contributed by atoms with Crippen LogP contribution in [0.25, 0.3) is 0 Å². The molecule has 4 heteroatoms. The Balaban J connectivity index is 2.02. The second kappa shape index (κ2) is 6.34. The molecule has 1 aromatic rings. The highest BCUT2D eigenvalue weighted by Crippen LogP contribution is 2.30. The number of hydrogen-bond acceptors (Lipinski definition) is 2. The molecule has 3 nitrogen and oxygen atoms in total. The number of rotatable bonds is 6. The fraction of sp³-hybridized carbons (Fsp3) is 0.500. The Bertz CT molecular complexity index is 418. The maximum Gasteiger partial charge on any atom is 0.223 e. The van der Waals surface area contributed by atoms with E-state index in [1.54, 1.807) is 0 Å². The minimum absolute atomic E-state index is 0.235. The zero-order valence-electron chi connectivity index (χ0n) is 10.4. The van der Waals surface area contributed by atoms with Gasteiger partial charge in [0.1, 0.15) is 0 Å². The molecular formula is C14H19BrN2O. The van der Waals surface area contributed by atoms with Crippen LogP contribution < -0.4 is 5.73 Å². The van der Waals surface area contributed by atoms with Crippen molar-refractivity contribution in [3.05, 3.63) is 34.3 Å². The van der Waals surface area contributed by atoms with Crippen LogP contribution in [0, 0.1) is 0 Å². The van der Waals surface area contributed by atoms with Crippen molar-refractivity contribution in [1.29, 1.82) is 0 Å². The standard InChI is InChI=1S/C14H19BrN2O/c15-13-5-2-1-4-11(13)10-17(12-7-8-12)14(18)6-3-9-16/h1-2,4-5,12H,3,6-10,16H2. The van der Waals surface area contributed by atoms with E-state index in [-0.39, 0.29) is 5.91 Å². The molecule has 0 saturated heterocycles. The Kier molecular flexibility index (Phi) is 4.78. The van der Waals surface area contributed by atoms with Crippen molar-refractivity contribution in [3.63, 3.8) is 0 Å². The van der Waals surface area contributed by atoms with Gasteiger partial charge in [0.05, 0.1) is 0 Å². The van der Waals surface area contributed by atoms with Crippen LogP contribution in [0.2, 0.25) is 0 Å². The molecule has 1 amide bonds. The van der Waals surface area contributed by atoms with Gasteiger partial charge in [-0.2, -0.15) is 0 Å². The first kappa shape index (κ1) is 13.6. The summed E-state index contributed by atoms with van der Waals surface area (Å²) in [6.45, 7) is 1.29. The SMILES string of the molecule is NCCCC(=O)N(Cc1ccccc1Br)C1CC1. The molecule has 98 valence electrons. The first-order chi connectivity index (χ1) is 8.72. The van der Waals surface area contributed by atoms with Gasteiger partial charge in [-0.05, 0) is 37.4 Å². The first-order valence-corrected chi connectivity index (χ1v) is 7.24. The number of amides is 1. The van der Waals surface area contributed by atoms with Crippen LogP contribution in [0.4, 0.5) is 0 Å². The monoisotopic (exact) mass is 310 g/mol. The van der Waals surface area contributed by atoms with E-state index >= 15 is 0 Å². The maximum absolute atomic E-state index is 12.2. The van der Waals surface area contributed by atoms with Gasteiger partial charge < -0.3 is 10.6 Å². The Morgan fingerprint density at radius 3 is 2.72 bits per heavy atom. The van der Waals surface area contributed by atoms with Gasteiger partial charge in [-0.3, -0.25) is 4.79 Å². The van der Waals surface area contributed by atoms with Crippen LogP contribution in [0.5, 0.6) is 0 Å². The Hall–Kier alpha value is -0.870. The minimum Gasteiger partial charge on any atom is -0.335 e. The molecule has 1 saturated carbocycles. The van der Waals surface area contributed by atoms with Gasteiger partial charge in [0.2, 0.25) is 5.91 Å². The number of carbonyl (C=O) groups is 1. The second-order valence-electron chi connectivity index (χ2n) is 4.74. The molecule has 0 heterocycles. The van der Waals surface area contributed by atoms with E-state index in [2.05, 4.69) is 22.0 Å². The third-order valence-corrected chi connectivity index (χ3v) is 3.97. The molecule has 0 unspecified atom stereocenters. The van der Waals surface area contributed by atoms with Crippen molar-refractivity contribution in [2.24, 2.45) is 5.73 Å². The summed E-state index contributed by atoms with van der Waals surface area (Å²) in [6.07, 6.45) is 3.62. The molecule has 0 aromatic heterocycles. The maximum atomic E-state index is 12.2. The molecular weight excluding hydrogens is 292 g/mol. The van der Waals surface area contributed by atoms with E-state index in [0.29, 0.717) is 25.6 Å². The fourth-order valence-corrected chi connectivity index (χ4v) is 2.42. The van der Waals surface area contributed by atoms with Gasteiger partial charge >= 0.3 is 0 Å². The van der Waals surface area contributed by atoms with E-state index in [0.717, 1.165) is 23.7 Å². The summed E-state index contributed by atoms with van der Waals surface area (Å²) < 4.78 is 1.07. The largest absolute Gasteiger partial charge is 0.335 e. The second-order valence-corrected chi connectivity index (χ2v) is 5.59. The highest BCUT2D eigenvalue weighted by Gasteiger charge is 2.32. The summed E-state index contributed by atoms with van der Waals surface area (Å²) >= 11 is 3.54. The topological polar surface area (TPSA) is 46.3 Å². The van der Waals surface area contributed by atoms with Crippen LogP contribution in [-0.2, 0) is 11.3 Å². The lowest BCUT2D eigenvalue weighted by Gasteiger charge is -2.23. The van der Waals surface area contributed by atoms with Gasteiger partial charge in [-0.1, -0.05) is 34.1 Å². The average Bonchev–Trinajstić information content (AvgIpc) is 3.19. The van der Waals surface area contributed by atoms with Crippen molar-refractivity contribution in [1.82, 2.24) is 4.90 Å². The van der Waals surface area contributed by atoms with Crippen LogP contribution in [-0.4, -0.2) is 23.4 Å². The molecule has 1 aliphatic carbocycles. The van der Waals surface area contributed by atoms with Crippen molar-refractivity contribution >= 4 is 21.8 Å². The number of nitrogens with zero attached hydrogens (tertiary/aromatic N) is 1. The van der Waals surface area contributed by atoms with Gasteiger partial charge in [-0.25, -0.2) is 0 Å². The summed E-state index contributed by atoms with van der Waals surface area (Å²) in [5.74, 6) is 0.235. The lowest BCUT2D eigenvalue weighted by Crippen LogP contribution is -2.32. The van der Waals surface area contributed by atoms with Crippen molar-refractivity contribution < 1.29 is 4.79 Å². The van der Waals surface area contributed by atoms with Crippen LogP contribution in [0.15, 0.2) is 28.7 Å². The summed E-state index contributed by atoms with van der Waals surface area (Å²) in [5.41, 5.74) is 6.64. The number of nitrogens with two attached hydrogens (primary N) is 1. The molecule has 1 aliphatic rings. The normalized spacial score (nSPS) is 14.6. The van der Waals surface area contributed by atoms with E-state index in [9.17, 15) is 4.79 Å². The Morgan fingerprint density at radius 2 is 2.11 bits per heavy atom. The Morgan fingerprint density at radius 1 is 1.39 bits per heavy atom. The number of hydrogen-bond donors (Lipinski definition) is 1. The lowest BCUT2D eigenvalue weighted by molar-refractivity contribution is -0.132. The van der Waals surface area contributed by atoms with E-state index in [4.69, 9.17) is 5.73 Å². The molecule has 0 spiro atoms. The third-order valence-electron chi connectivity index (χ3n) is 3.20. The molecule has 18 heavy (non-hydrogen) atoms. The summed E-state index contributed by atoms with van der Waals surface area (Å²) in [4.78, 5) is 14.2. The van der Waals surface area contributed by atoms with Crippen molar-refractivity contribution in [2.75, 3.05) is 6.54 Å². The number of benzene rings is 1. The molecule has 2 N–H and O–H groups in total. The van der Waals surface area contributed by atoms with Crippen molar-refractivity contribution in [3.8, 4) is 0 Å². The molecule has 0 radical (unpaired) electrons. The number of halogens is 1.